The van der Waals surface area contributed by atoms with E-state index >= 15 is 0 Å². The SMILES string of the molecule is CC/C=C\C/C=C\C/C=C\C/C=C\C/C=C\C/C=C\C/C=C\C/C=C\CCCCC(=O)OCC(COC(=O)CCCCCCCCCCCCC)OC(=O)CCCCCCCC/C=C\C/C=C\C/C=C\C/C=C\C/C=C\C/C=C\CC. The number of carbonyl (C=O) groups is 3. The second kappa shape index (κ2) is 67.3. The Morgan fingerprint density at radius 1 is 0.259 bits per heavy atom. The molecule has 0 aromatic heterocycles. The van der Waals surface area contributed by atoms with Crippen LogP contribution >= 0.6 is 0 Å². The van der Waals surface area contributed by atoms with E-state index in [-0.39, 0.29) is 31.1 Å². The average Bonchev–Trinajstić information content (AvgIpc) is 3.47. The van der Waals surface area contributed by atoms with E-state index in [0.717, 1.165) is 154 Å². The highest BCUT2D eigenvalue weighted by molar-refractivity contribution is 5.71. The van der Waals surface area contributed by atoms with Crippen LogP contribution in [-0.2, 0) is 28.6 Å². The van der Waals surface area contributed by atoms with E-state index in [9.17, 15) is 14.4 Å². The molecule has 0 saturated heterocycles. The first-order chi connectivity index (χ1) is 40.0. The summed E-state index contributed by atoms with van der Waals surface area (Å²) in [6.45, 7) is 6.35. The highest BCUT2D eigenvalue weighted by Crippen LogP contribution is 2.14. The molecular weight excluding hydrogens is 997 g/mol. The summed E-state index contributed by atoms with van der Waals surface area (Å²) >= 11 is 0. The van der Waals surface area contributed by atoms with Crippen molar-refractivity contribution in [1.82, 2.24) is 0 Å². The van der Waals surface area contributed by atoms with Crippen molar-refractivity contribution in [3.05, 3.63) is 170 Å². The number of esters is 3. The summed E-state index contributed by atoms with van der Waals surface area (Å²) in [5, 5.41) is 0. The van der Waals surface area contributed by atoms with E-state index in [1.807, 2.05) is 0 Å². The van der Waals surface area contributed by atoms with Crippen LogP contribution in [0.25, 0.3) is 0 Å². The zero-order valence-electron chi connectivity index (χ0n) is 52.0. The van der Waals surface area contributed by atoms with Gasteiger partial charge in [0.1, 0.15) is 13.2 Å². The van der Waals surface area contributed by atoms with Crippen LogP contribution < -0.4 is 0 Å². The molecule has 0 bridgehead atoms. The van der Waals surface area contributed by atoms with Crippen LogP contribution in [0.5, 0.6) is 0 Å². The topological polar surface area (TPSA) is 78.9 Å². The third kappa shape index (κ3) is 65.5. The Labute approximate surface area is 498 Å². The van der Waals surface area contributed by atoms with Crippen LogP contribution in [0.3, 0.4) is 0 Å². The van der Waals surface area contributed by atoms with Crippen molar-refractivity contribution in [2.24, 2.45) is 0 Å². The van der Waals surface area contributed by atoms with Crippen LogP contribution in [0.4, 0.5) is 0 Å². The molecule has 0 aromatic rings. The third-order valence-corrected chi connectivity index (χ3v) is 13.2. The highest BCUT2D eigenvalue weighted by Gasteiger charge is 2.19. The molecule has 6 heteroatoms. The first-order valence-electron chi connectivity index (χ1n) is 32.6. The summed E-state index contributed by atoms with van der Waals surface area (Å²) in [5.74, 6) is -0.969. The molecule has 1 unspecified atom stereocenters. The molecule has 0 heterocycles. The van der Waals surface area contributed by atoms with E-state index in [1.54, 1.807) is 0 Å². The molecule has 0 aromatic carbocycles. The number of hydrogen-bond acceptors (Lipinski definition) is 6. The monoisotopic (exact) mass is 1110 g/mol. The number of carbonyl (C=O) groups excluding carboxylic acids is 3. The van der Waals surface area contributed by atoms with Gasteiger partial charge in [-0.1, -0.05) is 281 Å². The van der Waals surface area contributed by atoms with Crippen LogP contribution in [0.1, 0.15) is 265 Å². The maximum atomic E-state index is 12.9. The molecule has 81 heavy (non-hydrogen) atoms. The molecule has 1 atom stereocenters. The lowest BCUT2D eigenvalue weighted by Crippen LogP contribution is -2.30. The van der Waals surface area contributed by atoms with Crippen molar-refractivity contribution in [3.63, 3.8) is 0 Å². The van der Waals surface area contributed by atoms with Gasteiger partial charge in [-0.05, 0) is 135 Å². The largest absolute Gasteiger partial charge is 0.462 e. The normalized spacial score (nSPS) is 13.3. The fourth-order valence-electron chi connectivity index (χ4n) is 8.40. The van der Waals surface area contributed by atoms with E-state index in [2.05, 4.69) is 191 Å². The molecule has 0 saturated carbocycles. The van der Waals surface area contributed by atoms with Crippen LogP contribution in [0, 0.1) is 0 Å². The van der Waals surface area contributed by atoms with E-state index < -0.39 is 6.10 Å². The fraction of sp³-hybridized carbons (Fsp3) is 0.587. The van der Waals surface area contributed by atoms with E-state index in [1.165, 1.54) is 64.2 Å². The van der Waals surface area contributed by atoms with Crippen molar-refractivity contribution in [3.8, 4) is 0 Å². The second-order valence-corrected chi connectivity index (χ2v) is 20.9. The molecule has 0 amide bonds. The van der Waals surface area contributed by atoms with Gasteiger partial charge in [0.05, 0.1) is 0 Å². The quantitative estimate of drug-likeness (QED) is 0.0261. The molecule has 0 aliphatic rings. The van der Waals surface area contributed by atoms with Gasteiger partial charge in [-0.2, -0.15) is 0 Å². The van der Waals surface area contributed by atoms with Gasteiger partial charge in [0.2, 0.25) is 0 Å². The zero-order valence-corrected chi connectivity index (χ0v) is 52.0. The van der Waals surface area contributed by atoms with Gasteiger partial charge in [-0.25, -0.2) is 0 Å². The van der Waals surface area contributed by atoms with Gasteiger partial charge in [0.15, 0.2) is 6.10 Å². The predicted octanol–water partition coefficient (Wildman–Crippen LogP) is 22.7. The molecule has 454 valence electrons. The number of hydrogen-bond donors (Lipinski definition) is 0. The van der Waals surface area contributed by atoms with Crippen molar-refractivity contribution in [2.45, 2.75) is 271 Å². The summed E-state index contributed by atoms with van der Waals surface area (Å²) < 4.78 is 16.9. The third-order valence-electron chi connectivity index (χ3n) is 13.2. The Kier molecular flexibility index (Phi) is 62.9. The molecule has 6 nitrogen and oxygen atoms in total. The van der Waals surface area contributed by atoms with Crippen LogP contribution in [0.2, 0.25) is 0 Å². The van der Waals surface area contributed by atoms with Crippen molar-refractivity contribution in [1.29, 1.82) is 0 Å². The van der Waals surface area contributed by atoms with Gasteiger partial charge in [0, 0.05) is 19.3 Å². The van der Waals surface area contributed by atoms with Crippen LogP contribution in [0.15, 0.2) is 170 Å². The lowest BCUT2D eigenvalue weighted by molar-refractivity contribution is -0.167. The zero-order chi connectivity index (χ0) is 58.5. The van der Waals surface area contributed by atoms with Crippen molar-refractivity contribution in [2.75, 3.05) is 13.2 Å². The van der Waals surface area contributed by atoms with Gasteiger partial charge in [-0.15, -0.1) is 0 Å². The molecule has 0 aliphatic carbocycles. The predicted molar refractivity (Wildman–Crippen MR) is 352 cm³/mol. The fourth-order valence-corrected chi connectivity index (χ4v) is 8.40. The maximum absolute atomic E-state index is 12.9. The summed E-state index contributed by atoms with van der Waals surface area (Å²) in [6.07, 6.45) is 99.3. The Bertz CT molecular complexity index is 1860. The van der Waals surface area contributed by atoms with Gasteiger partial charge in [-0.3, -0.25) is 14.4 Å². The molecule has 0 fully saturated rings. The lowest BCUT2D eigenvalue weighted by Gasteiger charge is -2.18. The Hall–Kier alpha value is -5.23. The molecule has 0 spiro atoms. The Morgan fingerprint density at radius 2 is 0.481 bits per heavy atom. The molecule has 0 rings (SSSR count). The Morgan fingerprint density at radius 3 is 0.778 bits per heavy atom. The van der Waals surface area contributed by atoms with Gasteiger partial charge >= 0.3 is 17.9 Å². The van der Waals surface area contributed by atoms with Crippen LogP contribution in [-0.4, -0.2) is 37.2 Å². The average molecular weight is 1120 g/mol. The van der Waals surface area contributed by atoms with Gasteiger partial charge < -0.3 is 14.2 Å². The second-order valence-electron chi connectivity index (χ2n) is 20.9. The molecule has 0 aliphatic heterocycles. The maximum Gasteiger partial charge on any atom is 0.306 e. The smallest absolute Gasteiger partial charge is 0.306 e. The standard InChI is InChI=1S/C75H118O6/c1-4-7-10-13-16-19-22-24-26-28-30-32-34-36-37-39-40-42-44-46-48-50-53-56-59-62-65-68-74(77)80-71-72(70-79-73(76)67-64-61-58-55-52-21-18-15-12-9-6-3)81-75(78)69-66-63-60-57-54-51-49-47-45-43-41-38-35-33-31-29-27-25-23-20-17-14-11-8-5-2/h7-8,10-11,16-17,19-20,24-27,30-33,36-38,40-42,45-48,53,56,72H,4-6,9,12-15,18,21-23,28-29,34-35,39,43-44,49-52,54-55,57-71H2,1-3H3/b10-7-,11-8-,19-16-,20-17-,26-24-,27-25-,32-30-,33-31-,37-36-,41-38-,42-40-,47-45-,48-46-,56-53-. The number of ether oxygens (including phenoxy) is 3. The van der Waals surface area contributed by atoms with Crippen molar-refractivity contribution < 1.29 is 28.6 Å². The van der Waals surface area contributed by atoms with E-state index in [4.69, 9.17) is 14.2 Å². The molecular formula is C75H118O6. The Balaban J connectivity index is 4.45. The van der Waals surface area contributed by atoms with E-state index in [0.29, 0.717) is 25.7 Å². The molecule has 0 N–H and O–H groups in total. The number of allylic oxidation sites excluding steroid dienone is 28. The minimum atomic E-state index is -0.813. The van der Waals surface area contributed by atoms with Crippen molar-refractivity contribution >= 4 is 17.9 Å². The first-order valence-corrected chi connectivity index (χ1v) is 32.6. The summed E-state index contributed by atoms with van der Waals surface area (Å²) in [5.41, 5.74) is 0. The minimum Gasteiger partial charge on any atom is -0.462 e. The number of unbranched alkanes of at least 4 members (excludes halogenated alkanes) is 18. The lowest BCUT2D eigenvalue weighted by atomic mass is 10.1. The summed E-state index contributed by atoms with van der Waals surface area (Å²) in [6, 6.07) is 0. The number of rotatable bonds is 57. The summed E-state index contributed by atoms with van der Waals surface area (Å²) in [4.78, 5) is 38.3. The highest BCUT2D eigenvalue weighted by atomic mass is 16.6. The molecule has 0 radical (unpaired) electrons. The minimum absolute atomic E-state index is 0.104. The summed E-state index contributed by atoms with van der Waals surface area (Å²) in [7, 11) is 0. The first kappa shape index (κ1) is 75.8. The van der Waals surface area contributed by atoms with Gasteiger partial charge in [0.25, 0.3) is 0 Å².